The van der Waals surface area contributed by atoms with Gasteiger partial charge in [-0.25, -0.2) is 0 Å². The Morgan fingerprint density at radius 1 is 1.33 bits per heavy atom. The van der Waals surface area contributed by atoms with Crippen molar-refractivity contribution in [3.63, 3.8) is 0 Å². The van der Waals surface area contributed by atoms with Crippen LogP contribution in [0, 0.1) is 12.8 Å². The van der Waals surface area contributed by atoms with Crippen LogP contribution in [0.3, 0.4) is 0 Å². The molecule has 1 aromatic carbocycles. The lowest BCUT2D eigenvalue weighted by Crippen LogP contribution is -2.31. The Morgan fingerprint density at radius 2 is 2.00 bits per heavy atom. The molecule has 0 saturated carbocycles. The van der Waals surface area contributed by atoms with Gasteiger partial charge in [0.25, 0.3) is 0 Å². The van der Waals surface area contributed by atoms with Crippen LogP contribution < -0.4 is 5.73 Å². The molecule has 0 bridgehead atoms. The van der Waals surface area contributed by atoms with Gasteiger partial charge in [0.15, 0.2) is 0 Å². The molecule has 0 amide bonds. The highest BCUT2D eigenvalue weighted by atomic mass is 15.2. The summed E-state index contributed by atoms with van der Waals surface area (Å²) in [4.78, 5) is 2.61. The molecule has 2 heteroatoms. The molecule has 0 spiro atoms. The van der Waals surface area contributed by atoms with E-state index in [4.69, 9.17) is 5.73 Å². The SMILES string of the molecule is CCC(c1ccc(C)cc1)N1CCC(C(C)N)C1. The maximum absolute atomic E-state index is 6.03. The van der Waals surface area contributed by atoms with Crippen LogP contribution in [0.5, 0.6) is 0 Å². The molecule has 2 nitrogen and oxygen atoms in total. The Hall–Kier alpha value is -0.860. The van der Waals surface area contributed by atoms with Crippen molar-refractivity contribution in [2.75, 3.05) is 13.1 Å². The van der Waals surface area contributed by atoms with Gasteiger partial charge in [-0.3, -0.25) is 4.90 Å². The average molecular weight is 246 g/mol. The van der Waals surface area contributed by atoms with E-state index >= 15 is 0 Å². The molecule has 1 fully saturated rings. The normalized spacial score (nSPS) is 24.1. The standard InChI is InChI=1S/C16H26N2/c1-4-16(14-7-5-12(2)6-8-14)18-10-9-15(11-18)13(3)17/h5-8,13,15-16H,4,9-11,17H2,1-3H3. The van der Waals surface area contributed by atoms with Gasteiger partial charge in [0.2, 0.25) is 0 Å². The number of aryl methyl sites for hydroxylation is 1. The first kappa shape index (κ1) is 13.6. The highest BCUT2D eigenvalue weighted by Gasteiger charge is 2.29. The molecule has 1 aliphatic heterocycles. The van der Waals surface area contributed by atoms with Crippen LogP contribution in [0.15, 0.2) is 24.3 Å². The fourth-order valence-electron chi connectivity index (χ4n) is 3.02. The Kier molecular flexibility index (Phi) is 4.41. The number of benzene rings is 1. The summed E-state index contributed by atoms with van der Waals surface area (Å²) in [6, 6.07) is 9.89. The number of nitrogens with two attached hydrogens (primary N) is 1. The van der Waals surface area contributed by atoms with Crippen molar-refractivity contribution >= 4 is 0 Å². The van der Waals surface area contributed by atoms with E-state index in [0.29, 0.717) is 18.0 Å². The number of rotatable bonds is 4. The quantitative estimate of drug-likeness (QED) is 0.884. The van der Waals surface area contributed by atoms with E-state index in [1.165, 1.54) is 30.5 Å². The second kappa shape index (κ2) is 5.85. The Bertz CT molecular complexity index is 369. The van der Waals surface area contributed by atoms with E-state index in [1.807, 2.05) is 0 Å². The summed E-state index contributed by atoms with van der Waals surface area (Å²) in [5.41, 5.74) is 8.82. The van der Waals surface area contributed by atoms with E-state index in [1.54, 1.807) is 0 Å². The summed E-state index contributed by atoms with van der Waals surface area (Å²) in [6.45, 7) is 8.92. The molecule has 1 aliphatic rings. The molecular formula is C16H26N2. The number of hydrogen-bond donors (Lipinski definition) is 1. The van der Waals surface area contributed by atoms with E-state index in [2.05, 4.69) is 49.9 Å². The summed E-state index contributed by atoms with van der Waals surface area (Å²) in [5, 5.41) is 0. The molecule has 0 radical (unpaired) electrons. The van der Waals surface area contributed by atoms with Crippen molar-refractivity contribution in [3.8, 4) is 0 Å². The first-order chi connectivity index (χ1) is 8.61. The smallest absolute Gasteiger partial charge is 0.0345 e. The summed E-state index contributed by atoms with van der Waals surface area (Å²) in [7, 11) is 0. The third-order valence-corrected chi connectivity index (χ3v) is 4.29. The lowest BCUT2D eigenvalue weighted by atomic mass is 10.0. The molecule has 18 heavy (non-hydrogen) atoms. The highest BCUT2D eigenvalue weighted by Crippen LogP contribution is 2.30. The van der Waals surface area contributed by atoms with Gasteiger partial charge in [-0.15, -0.1) is 0 Å². The Labute approximate surface area is 111 Å². The van der Waals surface area contributed by atoms with Gasteiger partial charge in [0.1, 0.15) is 0 Å². The predicted molar refractivity (Wildman–Crippen MR) is 77.5 cm³/mol. The maximum atomic E-state index is 6.03. The molecule has 1 saturated heterocycles. The first-order valence-electron chi connectivity index (χ1n) is 7.18. The summed E-state index contributed by atoms with van der Waals surface area (Å²) in [6.07, 6.45) is 2.43. The molecule has 3 atom stereocenters. The number of nitrogens with zero attached hydrogens (tertiary/aromatic N) is 1. The summed E-state index contributed by atoms with van der Waals surface area (Å²) in [5.74, 6) is 0.671. The zero-order valence-electron chi connectivity index (χ0n) is 11.9. The third-order valence-electron chi connectivity index (χ3n) is 4.29. The minimum atomic E-state index is 0.325. The van der Waals surface area contributed by atoms with Gasteiger partial charge in [0.05, 0.1) is 0 Å². The van der Waals surface area contributed by atoms with Crippen LogP contribution in [-0.4, -0.2) is 24.0 Å². The van der Waals surface area contributed by atoms with Crippen LogP contribution in [0.4, 0.5) is 0 Å². The van der Waals surface area contributed by atoms with Crippen LogP contribution in [0.1, 0.15) is 43.9 Å². The highest BCUT2D eigenvalue weighted by molar-refractivity contribution is 5.24. The van der Waals surface area contributed by atoms with Gasteiger partial charge in [-0.05, 0) is 44.7 Å². The van der Waals surface area contributed by atoms with Crippen LogP contribution >= 0.6 is 0 Å². The molecule has 1 aromatic rings. The Balaban J connectivity index is 2.08. The minimum Gasteiger partial charge on any atom is -0.328 e. The molecule has 0 aliphatic carbocycles. The topological polar surface area (TPSA) is 29.3 Å². The lowest BCUT2D eigenvalue weighted by Gasteiger charge is -2.28. The monoisotopic (exact) mass is 246 g/mol. The molecule has 2 N–H and O–H groups in total. The van der Waals surface area contributed by atoms with E-state index < -0.39 is 0 Å². The van der Waals surface area contributed by atoms with E-state index in [-0.39, 0.29) is 0 Å². The second-order valence-electron chi connectivity index (χ2n) is 5.74. The fourth-order valence-corrected chi connectivity index (χ4v) is 3.02. The lowest BCUT2D eigenvalue weighted by molar-refractivity contribution is 0.227. The Morgan fingerprint density at radius 3 is 2.50 bits per heavy atom. The predicted octanol–water partition coefficient (Wildman–Crippen LogP) is 3.12. The second-order valence-corrected chi connectivity index (χ2v) is 5.74. The average Bonchev–Trinajstić information content (AvgIpc) is 2.82. The number of hydrogen-bond acceptors (Lipinski definition) is 2. The van der Waals surface area contributed by atoms with Crippen molar-refractivity contribution in [2.45, 2.75) is 45.7 Å². The first-order valence-corrected chi connectivity index (χ1v) is 7.18. The van der Waals surface area contributed by atoms with Crippen LogP contribution in [0.2, 0.25) is 0 Å². The van der Waals surface area contributed by atoms with Crippen molar-refractivity contribution in [3.05, 3.63) is 35.4 Å². The van der Waals surface area contributed by atoms with Gasteiger partial charge in [0, 0.05) is 18.6 Å². The number of likely N-dealkylation sites (tertiary alicyclic amines) is 1. The van der Waals surface area contributed by atoms with Gasteiger partial charge < -0.3 is 5.73 Å². The molecule has 1 heterocycles. The van der Waals surface area contributed by atoms with Crippen molar-refractivity contribution in [2.24, 2.45) is 11.7 Å². The van der Waals surface area contributed by atoms with Crippen LogP contribution in [0.25, 0.3) is 0 Å². The van der Waals surface area contributed by atoms with Crippen molar-refractivity contribution in [1.82, 2.24) is 4.90 Å². The van der Waals surface area contributed by atoms with E-state index in [9.17, 15) is 0 Å². The zero-order valence-corrected chi connectivity index (χ0v) is 11.9. The summed E-state index contributed by atoms with van der Waals surface area (Å²) < 4.78 is 0. The largest absolute Gasteiger partial charge is 0.328 e. The third kappa shape index (κ3) is 2.93. The molecule has 3 unspecified atom stereocenters. The molecule has 0 aromatic heterocycles. The van der Waals surface area contributed by atoms with Gasteiger partial charge >= 0.3 is 0 Å². The molecular weight excluding hydrogens is 220 g/mol. The minimum absolute atomic E-state index is 0.325. The van der Waals surface area contributed by atoms with E-state index in [0.717, 1.165) is 6.54 Å². The van der Waals surface area contributed by atoms with Crippen molar-refractivity contribution in [1.29, 1.82) is 0 Å². The molecule has 2 rings (SSSR count). The van der Waals surface area contributed by atoms with Crippen LogP contribution in [-0.2, 0) is 0 Å². The maximum Gasteiger partial charge on any atom is 0.0345 e. The van der Waals surface area contributed by atoms with Gasteiger partial charge in [-0.1, -0.05) is 36.8 Å². The van der Waals surface area contributed by atoms with Gasteiger partial charge in [-0.2, -0.15) is 0 Å². The fraction of sp³-hybridized carbons (Fsp3) is 0.625. The summed E-state index contributed by atoms with van der Waals surface area (Å²) >= 11 is 0. The zero-order chi connectivity index (χ0) is 13.1. The molecule has 100 valence electrons. The van der Waals surface area contributed by atoms with Crippen molar-refractivity contribution < 1.29 is 0 Å².